The first-order chi connectivity index (χ1) is 18.4. The van der Waals surface area contributed by atoms with E-state index >= 15 is 0 Å². The highest BCUT2D eigenvalue weighted by Gasteiger charge is 2.48. The number of nitro groups is 1. The monoisotopic (exact) mass is 551 g/mol. The molecule has 12 heteroatoms. The smallest absolute Gasteiger partial charge is 0.350 e. The standard InChI is InChI=1S/C27H25N3O8S/c1-13(2)38-19-11-8-17(12-14(19)3)22(31)20-21(16-6-9-18(10-7-16)30(35)36)29(25(33)23(20)32)27-28-15(4)24(39-27)26(34)37-5/h6-13,21,31H,1-5H3. The zero-order chi connectivity index (χ0) is 28.6. The van der Waals surface area contributed by atoms with Crippen LogP contribution >= 0.6 is 11.3 Å². The molecule has 1 amide bonds. The average molecular weight is 552 g/mol. The van der Waals surface area contributed by atoms with Crippen molar-refractivity contribution in [1.82, 2.24) is 4.98 Å². The molecular weight excluding hydrogens is 526 g/mol. The van der Waals surface area contributed by atoms with Crippen LogP contribution in [0.1, 0.15) is 51.9 Å². The third-order valence-corrected chi connectivity index (χ3v) is 7.17. The van der Waals surface area contributed by atoms with Gasteiger partial charge in [0.1, 0.15) is 16.4 Å². The van der Waals surface area contributed by atoms with E-state index in [9.17, 15) is 29.6 Å². The van der Waals surface area contributed by atoms with Gasteiger partial charge >= 0.3 is 11.9 Å². The maximum atomic E-state index is 13.4. The molecule has 1 aliphatic heterocycles. The lowest BCUT2D eigenvalue weighted by atomic mass is 9.94. The fraction of sp³-hybridized carbons (Fsp3) is 0.259. The van der Waals surface area contributed by atoms with Gasteiger partial charge in [-0.15, -0.1) is 0 Å². The second-order valence-electron chi connectivity index (χ2n) is 9.07. The molecule has 202 valence electrons. The van der Waals surface area contributed by atoms with Crippen LogP contribution in [-0.2, 0) is 14.3 Å². The highest BCUT2D eigenvalue weighted by atomic mass is 32.1. The Morgan fingerprint density at radius 2 is 1.82 bits per heavy atom. The fourth-order valence-electron chi connectivity index (χ4n) is 4.23. The summed E-state index contributed by atoms with van der Waals surface area (Å²) < 4.78 is 10.5. The van der Waals surface area contributed by atoms with Crippen LogP contribution < -0.4 is 9.64 Å². The van der Waals surface area contributed by atoms with E-state index in [2.05, 4.69) is 4.98 Å². The number of ketones is 1. The number of aliphatic hydroxyl groups excluding tert-OH is 1. The van der Waals surface area contributed by atoms with Crippen LogP contribution in [0, 0.1) is 24.0 Å². The van der Waals surface area contributed by atoms with Crippen LogP contribution in [0.2, 0.25) is 0 Å². The van der Waals surface area contributed by atoms with Gasteiger partial charge in [-0.1, -0.05) is 11.3 Å². The lowest BCUT2D eigenvalue weighted by molar-refractivity contribution is -0.384. The van der Waals surface area contributed by atoms with E-state index in [4.69, 9.17) is 9.47 Å². The summed E-state index contributed by atoms with van der Waals surface area (Å²) in [5, 5.41) is 22.6. The first-order valence-corrected chi connectivity index (χ1v) is 12.6. The van der Waals surface area contributed by atoms with Crippen molar-refractivity contribution in [3.63, 3.8) is 0 Å². The molecule has 1 unspecified atom stereocenters. The molecule has 1 atom stereocenters. The highest BCUT2D eigenvalue weighted by Crippen LogP contribution is 2.44. The maximum absolute atomic E-state index is 13.4. The topological polar surface area (TPSA) is 149 Å². The van der Waals surface area contributed by atoms with Crippen LogP contribution in [0.4, 0.5) is 10.8 Å². The van der Waals surface area contributed by atoms with Gasteiger partial charge < -0.3 is 14.6 Å². The zero-order valence-electron chi connectivity index (χ0n) is 21.8. The van der Waals surface area contributed by atoms with E-state index in [1.807, 2.05) is 13.8 Å². The molecule has 2 aromatic carbocycles. The number of nitrogens with zero attached hydrogens (tertiary/aromatic N) is 3. The molecule has 0 bridgehead atoms. The Morgan fingerprint density at radius 3 is 2.38 bits per heavy atom. The van der Waals surface area contributed by atoms with E-state index in [1.54, 1.807) is 32.0 Å². The summed E-state index contributed by atoms with van der Waals surface area (Å²) in [6.07, 6.45) is -0.0766. The molecule has 2 heterocycles. The third kappa shape index (κ3) is 5.10. The maximum Gasteiger partial charge on any atom is 0.350 e. The first kappa shape index (κ1) is 27.5. The van der Waals surface area contributed by atoms with Crippen LogP contribution in [0.25, 0.3) is 5.76 Å². The van der Waals surface area contributed by atoms with Gasteiger partial charge in [0.05, 0.1) is 35.4 Å². The number of thiazole rings is 1. The second kappa shape index (κ2) is 10.7. The summed E-state index contributed by atoms with van der Waals surface area (Å²) in [4.78, 5) is 55.2. The van der Waals surface area contributed by atoms with Crippen molar-refractivity contribution in [1.29, 1.82) is 0 Å². The van der Waals surface area contributed by atoms with Gasteiger partial charge in [-0.3, -0.25) is 24.6 Å². The number of nitro benzene ring substituents is 1. The van der Waals surface area contributed by atoms with Crippen LogP contribution in [0.15, 0.2) is 48.0 Å². The molecule has 4 rings (SSSR count). The molecule has 11 nitrogen and oxygen atoms in total. The molecule has 0 spiro atoms. The quantitative estimate of drug-likeness (QED) is 0.108. The summed E-state index contributed by atoms with van der Waals surface area (Å²) in [6, 6.07) is 8.99. The third-order valence-electron chi connectivity index (χ3n) is 6.04. The Hall–Kier alpha value is -4.58. The van der Waals surface area contributed by atoms with Crippen molar-refractivity contribution < 1.29 is 33.9 Å². The number of carbonyl (C=O) groups excluding carboxylic acids is 3. The number of non-ortho nitro benzene ring substituents is 1. The van der Waals surface area contributed by atoms with Crippen molar-refractivity contribution in [2.75, 3.05) is 12.0 Å². The van der Waals surface area contributed by atoms with Gasteiger partial charge in [-0.2, -0.15) is 0 Å². The number of benzene rings is 2. The number of amides is 1. The van der Waals surface area contributed by atoms with Crippen molar-refractivity contribution in [2.45, 2.75) is 39.8 Å². The van der Waals surface area contributed by atoms with Gasteiger partial charge in [0.25, 0.3) is 11.5 Å². The van der Waals surface area contributed by atoms with E-state index in [-0.39, 0.29) is 32.9 Å². The van der Waals surface area contributed by atoms with Crippen LogP contribution in [0.5, 0.6) is 5.75 Å². The minimum absolute atomic E-state index is 0.0364. The fourth-order valence-corrected chi connectivity index (χ4v) is 5.24. The van der Waals surface area contributed by atoms with Gasteiger partial charge in [-0.25, -0.2) is 9.78 Å². The number of aryl methyl sites for hydroxylation is 2. The molecule has 3 aromatic rings. The average Bonchev–Trinajstić information content (AvgIpc) is 3.40. The Balaban J connectivity index is 1.91. The Bertz CT molecular complexity index is 1520. The van der Waals surface area contributed by atoms with Crippen molar-refractivity contribution in [3.8, 4) is 5.75 Å². The minimum Gasteiger partial charge on any atom is -0.507 e. The summed E-state index contributed by atoms with van der Waals surface area (Å²) in [6.45, 7) is 7.11. The Labute approximate surface area is 227 Å². The van der Waals surface area contributed by atoms with E-state index in [1.165, 1.54) is 31.4 Å². The molecular formula is C27H25N3O8S. The SMILES string of the molecule is COC(=O)c1sc(N2C(=O)C(=O)C(=C(O)c3ccc(OC(C)C)c(C)c3)C2c2ccc([N+](=O)[O-])cc2)nc1C. The molecule has 0 aliphatic carbocycles. The van der Waals surface area contributed by atoms with Crippen molar-refractivity contribution in [3.05, 3.63) is 85.4 Å². The number of methoxy groups -OCH3 is 1. The number of esters is 1. The summed E-state index contributed by atoms with van der Waals surface area (Å²) >= 11 is 0.860. The van der Waals surface area contributed by atoms with E-state index in [0.717, 1.165) is 16.2 Å². The molecule has 0 radical (unpaired) electrons. The van der Waals surface area contributed by atoms with Gasteiger partial charge in [-0.05, 0) is 69.2 Å². The lowest BCUT2D eigenvalue weighted by Gasteiger charge is -2.23. The number of aromatic nitrogens is 1. The van der Waals surface area contributed by atoms with Gasteiger partial charge in [0.2, 0.25) is 0 Å². The van der Waals surface area contributed by atoms with Crippen LogP contribution in [0.3, 0.4) is 0 Å². The number of rotatable bonds is 7. The summed E-state index contributed by atoms with van der Waals surface area (Å²) in [5.41, 5.74) is 1.18. The van der Waals surface area contributed by atoms with Gasteiger partial charge in [0.15, 0.2) is 5.13 Å². The summed E-state index contributed by atoms with van der Waals surface area (Å²) in [7, 11) is 1.21. The van der Waals surface area contributed by atoms with E-state index in [0.29, 0.717) is 22.6 Å². The number of carbonyl (C=O) groups is 3. The predicted molar refractivity (Wildman–Crippen MR) is 143 cm³/mol. The number of ether oxygens (including phenoxy) is 2. The molecule has 39 heavy (non-hydrogen) atoms. The van der Waals surface area contributed by atoms with Gasteiger partial charge in [0, 0.05) is 17.7 Å². The molecule has 1 aliphatic rings. The molecule has 1 N–H and O–H groups in total. The Morgan fingerprint density at radius 1 is 1.15 bits per heavy atom. The zero-order valence-corrected chi connectivity index (χ0v) is 22.6. The number of aliphatic hydroxyl groups is 1. The number of hydrogen-bond acceptors (Lipinski definition) is 10. The molecule has 1 saturated heterocycles. The van der Waals surface area contributed by atoms with Crippen molar-refractivity contribution >= 4 is 45.6 Å². The summed E-state index contributed by atoms with van der Waals surface area (Å²) in [5.74, 6) is -2.42. The largest absolute Gasteiger partial charge is 0.507 e. The number of hydrogen-bond donors (Lipinski definition) is 1. The molecule has 1 fully saturated rings. The number of anilines is 1. The highest BCUT2D eigenvalue weighted by molar-refractivity contribution is 7.17. The first-order valence-electron chi connectivity index (χ1n) is 11.8. The second-order valence-corrected chi connectivity index (χ2v) is 10.0. The molecule has 1 aromatic heterocycles. The minimum atomic E-state index is -1.17. The molecule has 0 saturated carbocycles. The van der Waals surface area contributed by atoms with E-state index < -0.39 is 34.4 Å². The van der Waals surface area contributed by atoms with Crippen LogP contribution in [-0.4, -0.2) is 45.9 Å². The Kier molecular flexibility index (Phi) is 7.50. The normalized spacial score (nSPS) is 16.6. The van der Waals surface area contributed by atoms with Crippen molar-refractivity contribution in [2.24, 2.45) is 0 Å². The lowest BCUT2D eigenvalue weighted by Crippen LogP contribution is -2.29. The number of Topliss-reactive ketones (excluding diaryl/α,β-unsaturated/α-hetero) is 1. The predicted octanol–water partition coefficient (Wildman–Crippen LogP) is 4.87.